The Morgan fingerprint density at radius 2 is 1.83 bits per heavy atom. The molecule has 1 fully saturated rings. The zero-order chi connectivity index (χ0) is 21.0. The quantitative estimate of drug-likeness (QED) is 0.651. The van der Waals surface area contributed by atoms with E-state index in [0.29, 0.717) is 32.5 Å². The third-order valence-corrected chi connectivity index (χ3v) is 7.15. The minimum Gasteiger partial charge on any atom is -0.352 e. The number of rotatable bonds is 6. The van der Waals surface area contributed by atoms with Crippen LogP contribution in [0.1, 0.15) is 18.4 Å². The Kier molecular flexibility index (Phi) is 5.91. The molecule has 0 atom stereocenters. The Labute approximate surface area is 175 Å². The maximum Gasteiger partial charge on any atom is 0.244 e. The molecule has 0 unspecified atom stereocenters. The normalized spacial score (nSPS) is 15.7. The lowest BCUT2D eigenvalue weighted by Gasteiger charge is -2.30. The van der Waals surface area contributed by atoms with E-state index in [2.05, 4.69) is 15.4 Å². The summed E-state index contributed by atoms with van der Waals surface area (Å²) in [5, 5.41) is 7.16. The molecule has 0 aliphatic carbocycles. The first-order chi connectivity index (χ1) is 14.5. The number of pyridine rings is 1. The fraction of sp³-hybridized carbons (Fsp3) is 0.286. The van der Waals surface area contributed by atoms with Crippen molar-refractivity contribution in [1.29, 1.82) is 0 Å². The van der Waals surface area contributed by atoms with Gasteiger partial charge in [-0.1, -0.05) is 12.1 Å². The molecular weight excluding hydrogens is 402 g/mol. The summed E-state index contributed by atoms with van der Waals surface area (Å²) in [6, 6.07) is 12.8. The molecule has 2 aromatic heterocycles. The Morgan fingerprint density at radius 3 is 2.47 bits per heavy atom. The summed E-state index contributed by atoms with van der Waals surface area (Å²) < 4.78 is 28.5. The smallest absolute Gasteiger partial charge is 0.244 e. The molecule has 0 saturated carbocycles. The van der Waals surface area contributed by atoms with Crippen LogP contribution < -0.4 is 5.32 Å². The van der Waals surface area contributed by atoms with Crippen molar-refractivity contribution in [3.05, 3.63) is 72.8 Å². The maximum atomic E-state index is 12.7. The first kappa shape index (κ1) is 20.2. The van der Waals surface area contributed by atoms with E-state index in [1.54, 1.807) is 29.2 Å². The van der Waals surface area contributed by atoms with Crippen LogP contribution in [0.5, 0.6) is 0 Å². The van der Waals surface area contributed by atoms with Crippen LogP contribution in [0.15, 0.2) is 72.1 Å². The number of carbonyl (C=O) groups is 1. The summed E-state index contributed by atoms with van der Waals surface area (Å²) in [5.41, 5.74) is 1.95. The molecule has 1 N–H and O–H groups in total. The van der Waals surface area contributed by atoms with Gasteiger partial charge in [0.25, 0.3) is 0 Å². The average Bonchev–Trinajstić information content (AvgIpc) is 3.33. The number of carbonyl (C=O) groups excluding carboxylic acids is 1. The third-order valence-electron chi connectivity index (χ3n) is 5.27. The summed E-state index contributed by atoms with van der Waals surface area (Å²) in [7, 11) is -3.56. The summed E-state index contributed by atoms with van der Waals surface area (Å²) >= 11 is 0. The molecule has 30 heavy (non-hydrogen) atoms. The van der Waals surface area contributed by atoms with Crippen molar-refractivity contribution in [2.24, 2.45) is 5.92 Å². The summed E-state index contributed by atoms with van der Waals surface area (Å²) in [4.78, 5) is 16.6. The molecule has 0 bridgehead atoms. The van der Waals surface area contributed by atoms with Crippen molar-refractivity contribution in [2.75, 3.05) is 13.1 Å². The molecule has 3 heterocycles. The molecule has 8 nitrogen and oxygen atoms in total. The highest BCUT2D eigenvalue weighted by Crippen LogP contribution is 2.23. The molecule has 1 aliphatic heterocycles. The van der Waals surface area contributed by atoms with Crippen molar-refractivity contribution in [1.82, 2.24) is 24.4 Å². The van der Waals surface area contributed by atoms with Crippen LogP contribution in [-0.4, -0.2) is 46.5 Å². The lowest BCUT2D eigenvalue weighted by atomic mass is 9.97. The monoisotopic (exact) mass is 425 g/mol. The van der Waals surface area contributed by atoms with E-state index >= 15 is 0 Å². The van der Waals surface area contributed by atoms with Crippen LogP contribution >= 0.6 is 0 Å². The van der Waals surface area contributed by atoms with Gasteiger partial charge in [-0.2, -0.15) is 9.40 Å². The van der Waals surface area contributed by atoms with Crippen molar-refractivity contribution in [3.8, 4) is 5.69 Å². The zero-order valence-electron chi connectivity index (χ0n) is 16.4. The highest BCUT2D eigenvalue weighted by Gasteiger charge is 2.32. The number of nitrogens with zero attached hydrogens (tertiary/aromatic N) is 4. The Morgan fingerprint density at radius 1 is 1.07 bits per heavy atom. The molecule has 0 spiro atoms. The lowest BCUT2D eigenvalue weighted by Crippen LogP contribution is -2.42. The van der Waals surface area contributed by atoms with E-state index < -0.39 is 10.0 Å². The summed E-state index contributed by atoms with van der Waals surface area (Å²) in [6.45, 7) is 1.09. The van der Waals surface area contributed by atoms with E-state index in [1.807, 2.05) is 36.5 Å². The topological polar surface area (TPSA) is 97.2 Å². The lowest BCUT2D eigenvalue weighted by molar-refractivity contribution is -0.126. The third kappa shape index (κ3) is 4.42. The molecule has 9 heteroatoms. The average molecular weight is 426 g/mol. The second-order valence-corrected chi connectivity index (χ2v) is 9.14. The SMILES string of the molecule is O=C(NCc1ccc(-n2cccn2)cc1)C1CCN(S(=O)(=O)c2cccnc2)CC1. The maximum absolute atomic E-state index is 12.7. The molecule has 1 aromatic carbocycles. The minimum absolute atomic E-state index is 0.0374. The van der Waals surface area contributed by atoms with Gasteiger partial charge in [0.15, 0.2) is 0 Å². The van der Waals surface area contributed by atoms with Crippen LogP contribution in [0.3, 0.4) is 0 Å². The number of hydrogen-bond acceptors (Lipinski definition) is 5. The largest absolute Gasteiger partial charge is 0.352 e. The van der Waals surface area contributed by atoms with Gasteiger partial charge in [0.2, 0.25) is 15.9 Å². The number of sulfonamides is 1. The minimum atomic E-state index is -3.56. The Balaban J connectivity index is 1.28. The number of benzene rings is 1. The molecule has 3 aromatic rings. The predicted molar refractivity (Wildman–Crippen MR) is 111 cm³/mol. The van der Waals surface area contributed by atoms with Gasteiger partial charge >= 0.3 is 0 Å². The van der Waals surface area contributed by atoms with Crippen molar-refractivity contribution in [3.63, 3.8) is 0 Å². The molecule has 156 valence electrons. The van der Waals surface area contributed by atoms with Gasteiger partial charge in [0.1, 0.15) is 4.90 Å². The summed E-state index contributed by atoms with van der Waals surface area (Å²) in [6.07, 6.45) is 7.50. The van der Waals surface area contributed by atoms with Gasteiger partial charge in [-0.25, -0.2) is 13.1 Å². The first-order valence-electron chi connectivity index (χ1n) is 9.81. The van der Waals surface area contributed by atoms with E-state index in [4.69, 9.17) is 0 Å². The highest BCUT2D eigenvalue weighted by molar-refractivity contribution is 7.89. The van der Waals surface area contributed by atoms with E-state index in [1.165, 1.54) is 10.5 Å². The number of nitrogens with one attached hydrogen (secondary N) is 1. The molecular formula is C21H23N5O3S. The fourth-order valence-corrected chi connectivity index (χ4v) is 4.96. The van der Waals surface area contributed by atoms with Crippen LogP contribution in [0.2, 0.25) is 0 Å². The van der Waals surface area contributed by atoms with Crippen molar-refractivity contribution >= 4 is 15.9 Å². The van der Waals surface area contributed by atoms with Gasteiger partial charge in [0, 0.05) is 50.3 Å². The number of aromatic nitrogens is 3. The molecule has 1 aliphatic rings. The second kappa shape index (κ2) is 8.76. The molecule has 4 rings (SSSR count). The van der Waals surface area contributed by atoms with Gasteiger partial charge in [0.05, 0.1) is 5.69 Å². The zero-order valence-corrected chi connectivity index (χ0v) is 17.2. The number of piperidine rings is 1. The van der Waals surface area contributed by atoms with Crippen LogP contribution in [0.25, 0.3) is 5.69 Å². The fourth-order valence-electron chi connectivity index (χ4n) is 3.53. The van der Waals surface area contributed by atoms with E-state index in [0.717, 1.165) is 11.3 Å². The Hall–Kier alpha value is -3.04. The molecule has 1 saturated heterocycles. The van der Waals surface area contributed by atoms with Crippen molar-refractivity contribution in [2.45, 2.75) is 24.3 Å². The van der Waals surface area contributed by atoms with Crippen molar-refractivity contribution < 1.29 is 13.2 Å². The number of amides is 1. The standard InChI is InChI=1S/C21H23N5O3S/c27-21(23-15-17-4-6-19(7-5-17)26-12-2-11-24-26)18-8-13-25(14-9-18)30(28,29)20-3-1-10-22-16-20/h1-7,10-12,16,18H,8-9,13-15H2,(H,23,27). The summed E-state index contributed by atoms with van der Waals surface area (Å²) in [5.74, 6) is -0.224. The van der Waals surface area contributed by atoms with Crippen LogP contribution in [0.4, 0.5) is 0 Å². The van der Waals surface area contributed by atoms with Gasteiger partial charge in [-0.3, -0.25) is 9.78 Å². The number of hydrogen-bond donors (Lipinski definition) is 1. The second-order valence-electron chi connectivity index (χ2n) is 7.20. The molecule has 0 radical (unpaired) electrons. The van der Waals surface area contributed by atoms with Gasteiger partial charge < -0.3 is 5.32 Å². The predicted octanol–water partition coefficient (Wildman–Crippen LogP) is 1.98. The van der Waals surface area contributed by atoms with Gasteiger partial charge in [-0.05, 0) is 48.7 Å². The Bertz CT molecular complexity index is 1080. The van der Waals surface area contributed by atoms with Gasteiger partial charge in [-0.15, -0.1) is 0 Å². The van der Waals surface area contributed by atoms with E-state index in [9.17, 15) is 13.2 Å². The van der Waals surface area contributed by atoms with E-state index in [-0.39, 0.29) is 16.7 Å². The highest BCUT2D eigenvalue weighted by atomic mass is 32.2. The first-order valence-corrected chi connectivity index (χ1v) is 11.2. The molecule has 1 amide bonds. The van der Waals surface area contributed by atoms with Crippen LogP contribution in [0, 0.1) is 5.92 Å². The van der Waals surface area contributed by atoms with Crippen LogP contribution in [-0.2, 0) is 21.4 Å².